The van der Waals surface area contributed by atoms with Crippen LogP contribution in [0.5, 0.6) is 11.5 Å². The lowest BCUT2D eigenvalue weighted by Gasteiger charge is -2.14. The maximum Gasteiger partial charge on any atom is 0.373 e. The van der Waals surface area contributed by atoms with Gasteiger partial charge in [-0.2, -0.15) is 0 Å². The molecule has 3 aromatic rings. The number of hydrogen-bond acceptors (Lipinski definition) is 8. The summed E-state index contributed by atoms with van der Waals surface area (Å²) in [5, 5.41) is 4.94. The molecule has 11 nitrogen and oxygen atoms in total. The van der Waals surface area contributed by atoms with E-state index in [1.807, 2.05) is 22.6 Å². The number of para-hydroxylation sites is 1. The van der Waals surface area contributed by atoms with Gasteiger partial charge in [-0.25, -0.2) is 14.0 Å². The third-order valence-corrected chi connectivity index (χ3v) is 6.18. The van der Waals surface area contributed by atoms with E-state index in [-0.39, 0.29) is 40.9 Å². The lowest BCUT2D eigenvalue weighted by molar-refractivity contribution is -0.123. The molecular weight excluding hydrogens is 628 g/mol. The van der Waals surface area contributed by atoms with Gasteiger partial charge in [0.2, 0.25) is 5.76 Å². The Labute approximate surface area is 235 Å². The van der Waals surface area contributed by atoms with Gasteiger partial charge >= 0.3 is 12.0 Å². The van der Waals surface area contributed by atoms with Gasteiger partial charge in [-0.05, 0) is 70.6 Å². The number of ether oxygens (including phenoxy) is 3. The highest BCUT2D eigenvalue weighted by atomic mass is 127. The molecule has 2 heterocycles. The van der Waals surface area contributed by atoms with Crippen molar-refractivity contribution in [2.24, 2.45) is 0 Å². The van der Waals surface area contributed by atoms with Gasteiger partial charge in [0.05, 0.1) is 30.0 Å². The summed E-state index contributed by atoms with van der Waals surface area (Å²) in [4.78, 5) is 50.1. The van der Waals surface area contributed by atoms with Crippen LogP contribution < -0.4 is 20.1 Å². The lowest BCUT2D eigenvalue weighted by Crippen LogP contribution is -2.30. The molecule has 4 amide bonds. The zero-order valence-electron chi connectivity index (χ0n) is 20.6. The molecule has 2 N–H and O–H groups in total. The molecule has 13 heteroatoms. The molecule has 1 aromatic heterocycles. The third kappa shape index (κ3) is 6.37. The quantitative estimate of drug-likeness (QED) is 0.154. The summed E-state index contributed by atoms with van der Waals surface area (Å²) in [6.45, 7) is -0.601. The summed E-state index contributed by atoms with van der Waals surface area (Å²) in [7, 11) is 2.61. The van der Waals surface area contributed by atoms with Crippen LogP contribution in [-0.2, 0) is 20.9 Å². The molecule has 0 unspecified atom stereocenters. The zero-order valence-corrected chi connectivity index (χ0v) is 22.7. The number of carbonyl (C=O) groups excluding carboxylic acids is 4. The Morgan fingerprint density at radius 2 is 1.92 bits per heavy atom. The van der Waals surface area contributed by atoms with Crippen LogP contribution in [0.4, 0.5) is 14.9 Å². The number of nitrogens with zero attached hydrogens (tertiary/aromatic N) is 1. The summed E-state index contributed by atoms with van der Waals surface area (Å²) in [5.74, 6) is -1.72. The van der Waals surface area contributed by atoms with Crippen LogP contribution in [0.15, 0.2) is 58.6 Å². The molecule has 4 rings (SSSR count). The Bertz CT molecular complexity index is 1490. The van der Waals surface area contributed by atoms with Crippen molar-refractivity contribution in [3.63, 3.8) is 0 Å². The molecule has 39 heavy (non-hydrogen) atoms. The predicted molar refractivity (Wildman–Crippen MR) is 143 cm³/mol. The number of hydrogen-bond donors (Lipinski definition) is 2. The number of furan rings is 1. The van der Waals surface area contributed by atoms with Crippen LogP contribution in [0.25, 0.3) is 6.08 Å². The molecule has 0 aliphatic carbocycles. The number of urea groups is 1. The van der Waals surface area contributed by atoms with Crippen molar-refractivity contribution in [1.29, 1.82) is 0 Å². The van der Waals surface area contributed by atoms with E-state index in [2.05, 4.69) is 15.4 Å². The van der Waals surface area contributed by atoms with E-state index in [0.717, 1.165) is 4.90 Å². The molecule has 0 bridgehead atoms. The van der Waals surface area contributed by atoms with E-state index in [1.54, 1.807) is 18.2 Å². The Morgan fingerprint density at radius 3 is 2.64 bits per heavy atom. The Balaban J connectivity index is 1.46. The number of halogens is 2. The summed E-state index contributed by atoms with van der Waals surface area (Å²) in [6.07, 6.45) is 1.46. The highest BCUT2D eigenvalue weighted by molar-refractivity contribution is 14.1. The predicted octanol–water partition coefficient (Wildman–Crippen LogP) is 3.93. The van der Waals surface area contributed by atoms with Crippen LogP contribution in [-0.4, -0.2) is 49.5 Å². The van der Waals surface area contributed by atoms with Crippen LogP contribution in [0.3, 0.4) is 0 Å². The second-order valence-electron chi connectivity index (χ2n) is 7.99. The standard InChI is InChI=1S/C26H21FIN3O8/c1-36-21-11-14(9-17(28)23(21)38-13-22(32)29-18-6-4-3-5-16(18)27)10-19-24(33)31(26(35)30-19)12-15-7-8-20(39-15)25(34)37-2/h3-11H,12-13H2,1-2H3,(H,29,32)(H,30,35)/b19-10-. The maximum atomic E-state index is 13.8. The Hall–Kier alpha value is -4.40. The van der Waals surface area contributed by atoms with Crippen molar-refractivity contribution in [2.45, 2.75) is 6.54 Å². The second kappa shape index (κ2) is 12.0. The molecule has 202 valence electrons. The van der Waals surface area contributed by atoms with Crippen molar-refractivity contribution >= 4 is 58.2 Å². The minimum absolute atomic E-state index is 0.00975. The van der Waals surface area contributed by atoms with Gasteiger partial charge in [-0.15, -0.1) is 0 Å². The van der Waals surface area contributed by atoms with Crippen LogP contribution >= 0.6 is 22.6 Å². The SMILES string of the molecule is COC(=O)c1ccc(CN2C(=O)N/C(=C\c3cc(I)c(OCC(=O)Nc4ccccc4F)c(OC)c3)C2=O)o1. The highest BCUT2D eigenvalue weighted by Gasteiger charge is 2.34. The lowest BCUT2D eigenvalue weighted by atomic mass is 10.1. The van der Waals surface area contributed by atoms with Crippen molar-refractivity contribution in [3.8, 4) is 11.5 Å². The third-order valence-electron chi connectivity index (χ3n) is 5.38. The molecule has 2 aromatic carbocycles. The number of imide groups is 1. The van der Waals surface area contributed by atoms with Crippen molar-refractivity contribution in [3.05, 3.63) is 80.7 Å². The zero-order chi connectivity index (χ0) is 28.1. The second-order valence-corrected chi connectivity index (χ2v) is 9.15. The number of nitrogens with one attached hydrogen (secondary N) is 2. The average Bonchev–Trinajstić information content (AvgIpc) is 3.49. The first-order chi connectivity index (χ1) is 18.7. The number of methoxy groups -OCH3 is 2. The van der Waals surface area contributed by atoms with Gasteiger partial charge < -0.3 is 29.3 Å². The van der Waals surface area contributed by atoms with E-state index in [9.17, 15) is 23.6 Å². The first-order valence-corrected chi connectivity index (χ1v) is 12.3. The first kappa shape index (κ1) is 27.6. The van der Waals surface area contributed by atoms with E-state index >= 15 is 0 Å². The molecule has 1 aliphatic rings. The van der Waals surface area contributed by atoms with Gasteiger partial charge in [0, 0.05) is 0 Å². The first-order valence-electron chi connectivity index (χ1n) is 11.3. The van der Waals surface area contributed by atoms with Gasteiger partial charge in [0.1, 0.15) is 17.3 Å². The van der Waals surface area contributed by atoms with Crippen molar-refractivity contribution < 1.29 is 42.2 Å². The van der Waals surface area contributed by atoms with Crippen LogP contribution in [0.2, 0.25) is 0 Å². The van der Waals surface area contributed by atoms with Gasteiger partial charge in [-0.3, -0.25) is 14.5 Å². The molecule has 1 saturated heterocycles. The smallest absolute Gasteiger partial charge is 0.373 e. The van der Waals surface area contributed by atoms with E-state index < -0.39 is 36.2 Å². The topological polar surface area (TPSA) is 136 Å². The molecule has 0 atom stereocenters. The van der Waals surface area contributed by atoms with Crippen LogP contribution in [0.1, 0.15) is 21.9 Å². The number of amides is 4. The van der Waals surface area contributed by atoms with Crippen molar-refractivity contribution in [1.82, 2.24) is 10.2 Å². The number of benzene rings is 2. The van der Waals surface area contributed by atoms with Crippen molar-refractivity contribution in [2.75, 3.05) is 26.1 Å². The summed E-state index contributed by atoms with van der Waals surface area (Å²) in [6, 6.07) is 11.2. The fraction of sp³-hybridized carbons (Fsp3) is 0.154. The monoisotopic (exact) mass is 649 g/mol. The molecule has 0 spiro atoms. The molecule has 0 saturated carbocycles. The number of esters is 1. The highest BCUT2D eigenvalue weighted by Crippen LogP contribution is 2.35. The number of carbonyl (C=O) groups is 4. The summed E-state index contributed by atoms with van der Waals surface area (Å²) in [5.41, 5.74) is 0.550. The Morgan fingerprint density at radius 1 is 1.15 bits per heavy atom. The fourth-order valence-corrected chi connectivity index (χ4v) is 4.34. The van der Waals surface area contributed by atoms with Crippen LogP contribution in [0, 0.1) is 9.39 Å². The minimum atomic E-state index is -0.680. The number of rotatable bonds is 9. The fourth-order valence-electron chi connectivity index (χ4n) is 3.56. The average molecular weight is 649 g/mol. The normalized spacial score (nSPS) is 13.8. The summed E-state index contributed by atoms with van der Waals surface area (Å²) >= 11 is 1.98. The largest absolute Gasteiger partial charge is 0.493 e. The molecule has 0 radical (unpaired) electrons. The molecule has 1 aliphatic heterocycles. The summed E-state index contributed by atoms with van der Waals surface area (Å²) < 4.78 is 35.3. The number of anilines is 1. The van der Waals surface area contributed by atoms with E-state index in [4.69, 9.17) is 13.9 Å². The van der Waals surface area contributed by atoms with E-state index in [0.29, 0.717) is 9.13 Å². The molecule has 1 fully saturated rings. The van der Waals surface area contributed by atoms with Gasteiger partial charge in [0.15, 0.2) is 18.1 Å². The Kier molecular flexibility index (Phi) is 8.49. The van der Waals surface area contributed by atoms with E-state index in [1.165, 1.54) is 50.6 Å². The van der Waals surface area contributed by atoms with Gasteiger partial charge in [-0.1, -0.05) is 12.1 Å². The maximum absolute atomic E-state index is 13.8. The molecular formula is C26H21FIN3O8. The minimum Gasteiger partial charge on any atom is -0.493 e. The van der Waals surface area contributed by atoms with Gasteiger partial charge in [0.25, 0.3) is 11.8 Å².